The van der Waals surface area contributed by atoms with Crippen LogP contribution >= 0.6 is 0 Å². The van der Waals surface area contributed by atoms with E-state index in [1.165, 1.54) is 0 Å². The van der Waals surface area contributed by atoms with Crippen molar-refractivity contribution in [3.05, 3.63) is 48.2 Å². The summed E-state index contributed by atoms with van der Waals surface area (Å²) in [5.41, 5.74) is 8.00. The first-order valence-corrected chi connectivity index (χ1v) is 5.19. The molecule has 0 radical (unpaired) electrons. The number of primary amides is 1. The number of hydrogen-bond acceptors (Lipinski definition) is 5. The van der Waals surface area contributed by atoms with Crippen molar-refractivity contribution in [3.8, 4) is 11.5 Å². The number of nitrogen functional groups attached to an aromatic ring is 1. The zero-order chi connectivity index (χ0) is 13.0. The zero-order valence-corrected chi connectivity index (χ0v) is 9.46. The molecule has 0 fully saturated rings. The third-order valence-corrected chi connectivity index (χ3v) is 2.25. The van der Waals surface area contributed by atoms with E-state index in [0.29, 0.717) is 22.9 Å². The van der Waals surface area contributed by atoms with Crippen molar-refractivity contribution in [1.29, 1.82) is 0 Å². The average molecular weight is 244 g/mol. The molecule has 1 heterocycles. The van der Waals surface area contributed by atoms with Gasteiger partial charge in [0.25, 0.3) is 0 Å². The smallest absolute Gasteiger partial charge is 0.248 e. The molecule has 18 heavy (non-hydrogen) atoms. The van der Waals surface area contributed by atoms with Crippen LogP contribution in [0, 0.1) is 0 Å². The van der Waals surface area contributed by atoms with Crippen LogP contribution < -0.4 is 21.7 Å². The summed E-state index contributed by atoms with van der Waals surface area (Å²) in [6.45, 7) is 0. The summed E-state index contributed by atoms with van der Waals surface area (Å²) >= 11 is 0. The molecule has 0 aliphatic rings. The second-order valence-corrected chi connectivity index (χ2v) is 3.51. The summed E-state index contributed by atoms with van der Waals surface area (Å²) < 4.78 is 5.57. The summed E-state index contributed by atoms with van der Waals surface area (Å²) in [4.78, 5) is 14.9. The Morgan fingerprint density at radius 1 is 1.17 bits per heavy atom. The number of hydrogen-bond donors (Lipinski definition) is 3. The SMILES string of the molecule is NNc1cc(Oc2ccc(C(N)=O)cc2)ccn1. The van der Waals surface area contributed by atoms with Gasteiger partial charge in [-0.05, 0) is 30.3 Å². The van der Waals surface area contributed by atoms with Crippen molar-refractivity contribution in [3.63, 3.8) is 0 Å². The Hall–Kier alpha value is -2.60. The fourth-order valence-corrected chi connectivity index (χ4v) is 1.38. The second-order valence-electron chi connectivity index (χ2n) is 3.51. The summed E-state index contributed by atoms with van der Waals surface area (Å²) in [5, 5.41) is 0. The lowest BCUT2D eigenvalue weighted by Crippen LogP contribution is -2.10. The Morgan fingerprint density at radius 2 is 1.89 bits per heavy atom. The summed E-state index contributed by atoms with van der Waals surface area (Å²) in [6, 6.07) is 9.87. The summed E-state index contributed by atoms with van der Waals surface area (Å²) in [7, 11) is 0. The lowest BCUT2D eigenvalue weighted by Gasteiger charge is -2.07. The van der Waals surface area contributed by atoms with Crippen LogP contribution in [0.2, 0.25) is 0 Å². The Balaban J connectivity index is 2.15. The van der Waals surface area contributed by atoms with Crippen molar-refractivity contribution in [2.24, 2.45) is 11.6 Å². The molecule has 0 bridgehead atoms. The topological polar surface area (TPSA) is 103 Å². The number of ether oxygens (including phenoxy) is 1. The number of rotatable bonds is 4. The van der Waals surface area contributed by atoms with Crippen molar-refractivity contribution in [2.75, 3.05) is 5.43 Å². The van der Waals surface area contributed by atoms with E-state index < -0.39 is 5.91 Å². The molecule has 6 heteroatoms. The average Bonchev–Trinajstić information content (AvgIpc) is 2.39. The Bertz CT molecular complexity index is 554. The number of nitrogens with two attached hydrogens (primary N) is 2. The van der Waals surface area contributed by atoms with E-state index in [1.54, 1.807) is 42.6 Å². The van der Waals surface area contributed by atoms with Crippen molar-refractivity contribution in [2.45, 2.75) is 0 Å². The van der Waals surface area contributed by atoms with E-state index in [9.17, 15) is 4.79 Å². The highest BCUT2D eigenvalue weighted by Crippen LogP contribution is 2.22. The van der Waals surface area contributed by atoms with Gasteiger partial charge < -0.3 is 15.9 Å². The first-order valence-electron chi connectivity index (χ1n) is 5.19. The number of nitrogens with one attached hydrogen (secondary N) is 1. The van der Waals surface area contributed by atoms with Crippen LogP contribution in [0.15, 0.2) is 42.6 Å². The maximum atomic E-state index is 10.9. The maximum Gasteiger partial charge on any atom is 0.248 e. The van der Waals surface area contributed by atoms with Gasteiger partial charge in [-0.1, -0.05) is 0 Å². The quantitative estimate of drug-likeness (QED) is 0.555. The van der Waals surface area contributed by atoms with Crippen molar-refractivity contribution in [1.82, 2.24) is 4.98 Å². The highest BCUT2D eigenvalue weighted by molar-refractivity contribution is 5.92. The van der Waals surface area contributed by atoms with Gasteiger partial charge in [0.1, 0.15) is 17.3 Å². The van der Waals surface area contributed by atoms with Crippen LogP contribution in [0.1, 0.15) is 10.4 Å². The molecule has 0 atom stereocenters. The monoisotopic (exact) mass is 244 g/mol. The number of pyridine rings is 1. The third kappa shape index (κ3) is 2.74. The van der Waals surface area contributed by atoms with Crippen LogP contribution in [-0.4, -0.2) is 10.9 Å². The number of nitrogens with zero attached hydrogens (tertiary/aromatic N) is 1. The Kier molecular flexibility index (Phi) is 3.40. The van der Waals surface area contributed by atoms with Crippen LogP contribution in [0.4, 0.5) is 5.82 Å². The molecular weight excluding hydrogens is 232 g/mol. The van der Waals surface area contributed by atoms with Gasteiger partial charge in [0.15, 0.2) is 0 Å². The van der Waals surface area contributed by atoms with Gasteiger partial charge in [0, 0.05) is 17.8 Å². The highest BCUT2D eigenvalue weighted by Gasteiger charge is 2.02. The molecule has 1 aromatic heterocycles. The van der Waals surface area contributed by atoms with Gasteiger partial charge in [0.05, 0.1) is 0 Å². The van der Waals surface area contributed by atoms with Gasteiger partial charge in [-0.2, -0.15) is 0 Å². The number of benzene rings is 1. The molecule has 0 saturated carbocycles. The van der Waals surface area contributed by atoms with Crippen LogP contribution in [0.5, 0.6) is 11.5 Å². The Labute approximate surface area is 104 Å². The Morgan fingerprint density at radius 3 is 2.50 bits per heavy atom. The molecule has 92 valence electrons. The molecular formula is C12H12N4O2. The molecule has 5 N–H and O–H groups in total. The third-order valence-electron chi connectivity index (χ3n) is 2.25. The molecule has 2 rings (SSSR count). The first-order chi connectivity index (χ1) is 8.69. The minimum Gasteiger partial charge on any atom is -0.457 e. The largest absolute Gasteiger partial charge is 0.457 e. The number of carbonyl (C=O) groups excluding carboxylic acids is 1. The predicted molar refractivity (Wildman–Crippen MR) is 67.1 cm³/mol. The molecule has 6 nitrogen and oxygen atoms in total. The summed E-state index contributed by atoms with van der Waals surface area (Å²) in [6.07, 6.45) is 1.57. The minimum absolute atomic E-state index is 0.432. The summed E-state index contributed by atoms with van der Waals surface area (Å²) in [5.74, 6) is 6.45. The zero-order valence-electron chi connectivity index (χ0n) is 9.46. The molecule has 0 spiro atoms. The van der Waals surface area contributed by atoms with E-state index >= 15 is 0 Å². The van der Waals surface area contributed by atoms with E-state index in [2.05, 4.69) is 10.4 Å². The molecule has 0 aliphatic carbocycles. The van der Waals surface area contributed by atoms with E-state index in [4.69, 9.17) is 16.3 Å². The number of carbonyl (C=O) groups is 1. The van der Waals surface area contributed by atoms with E-state index in [1.807, 2.05) is 0 Å². The van der Waals surface area contributed by atoms with E-state index in [0.717, 1.165) is 0 Å². The fourth-order valence-electron chi connectivity index (χ4n) is 1.38. The lowest BCUT2D eigenvalue weighted by molar-refractivity contribution is 0.100. The number of amides is 1. The number of anilines is 1. The van der Waals surface area contributed by atoms with Gasteiger partial charge in [-0.15, -0.1) is 0 Å². The molecule has 1 aromatic carbocycles. The van der Waals surface area contributed by atoms with Crippen LogP contribution in [0.3, 0.4) is 0 Å². The number of hydrazine groups is 1. The molecule has 2 aromatic rings. The first kappa shape index (κ1) is 11.9. The van der Waals surface area contributed by atoms with Gasteiger partial charge in [0.2, 0.25) is 5.91 Å². The molecule has 0 unspecified atom stereocenters. The van der Waals surface area contributed by atoms with E-state index in [-0.39, 0.29) is 0 Å². The maximum absolute atomic E-state index is 10.9. The molecule has 1 amide bonds. The van der Waals surface area contributed by atoms with Gasteiger partial charge in [-0.3, -0.25) is 4.79 Å². The van der Waals surface area contributed by atoms with Crippen molar-refractivity contribution < 1.29 is 9.53 Å². The van der Waals surface area contributed by atoms with Crippen LogP contribution in [0.25, 0.3) is 0 Å². The van der Waals surface area contributed by atoms with Gasteiger partial charge >= 0.3 is 0 Å². The second kappa shape index (κ2) is 5.15. The standard InChI is InChI=1S/C12H12N4O2/c13-12(17)8-1-3-9(4-2-8)18-10-5-6-15-11(7-10)16-14/h1-7H,14H2,(H2,13,17)(H,15,16). The van der Waals surface area contributed by atoms with Crippen molar-refractivity contribution >= 4 is 11.7 Å². The number of aromatic nitrogens is 1. The predicted octanol–water partition coefficient (Wildman–Crippen LogP) is 1.26. The molecule has 0 aliphatic heterocycles. The lowest BCUT2D eigenvalue weighted by atomic mass is 10.2. The molecule has 0 saturated heterocycles. The highest BCUT2D eigenvalue weighted by atomic mass is 16.5. The van der Waals surface area contributed by atoms with Crippen LogP contribution in [-0.2, 0) is 0 Å². The minimum atomic E-state index is -0.472. The normalized spacial score (nSPS) is 9.83. The fraction of sp³-hybridized carbons (Fsp3) is 0. The van der Waals surface area contributed by atoms with Gasteiger partial charge in [-0.25, -0.2) is 10.8 Å².